The Morgan fingerprint density at radius 2 is 1.63 bits per heavy atom. The van der Waals surface area contributed by atoms with Crippen molar-refractivity contribution in [3.8, 4) is 0 Å². The van der Waals surface area contributed by atoms with Gasteiger partial charge in [-0.15, -0.1) is 0 Å². The van der Waals surface area contributed by atoms with E-state index in [4.69, 9.17) is 51.5 Å². The fourth-order valence-corrected chi connectivity index (χ4v) is 3.73. The molecule has 2 aromatic rings. The van der Waals surface area contributed by atoms with Crippen LogP contribution in [0, 0.1) is 0 Å². The maximum atomic E-state index is 12.7. The molecule has 0 saturated carbocycles. The zero-order chi connectivity index (χ0) is 19.7. The van der Waals surface area contributed by atoms with Crippen LogP contribution >= 0.6 is 58.2 Å². The maximum Gasteiger partial charge on any atom is 0.329 e. The van der Waals surface area contributed by atoms with Crippen LogP contribution in [0.15, 0.2) is 52.4 Å². The Bertz CT molecular complexity index is 1020. The standard InChI is InChI=1S/C17H8Cl4N2O3S/c18-10-3-1-8(5-12(10)20)22-17-23(9-2-4-11(19)13(21)6-9)16(26)14(27-17)7-15(24)25/h1-7H,(H,24,25)/b14-7-,22-17?. The predicted molar refractivity (Wildman–Crippen MR) is 111 cm³/mol. The summed E-state index contributed by atoms with van der Waals surface area (Å²) in [5, 5.41) is 10.5. The van der Waals surface area contributed by atoms with Crippen LogP contribution in [-0.2, 0) is 9.59 Å². The molecule has 1 amide bonds. The summed E-state index contributed by atoms with van der Waals surface area (Å²) < 4.78 is 0. The van der Waals surface area contributed by atoms with Crippen molar-refractivity contribution in [3.63, 3.8) is 0 Å². The number of halogens is 4. The van der Waals surface area contributed by atoms with Gasteiger partial charge in [0, 0.05) is 6.08 Å². The number of carboxylic acid groups (broad SMARTS) is 1. The molecular weight excluding hydrogens is 454 g/mol. The molecule has 2 aromatic carbocycles. The number of hydrogen-bond donors (Lipinski definition) is 1. The first kappa shape index (κ1) is 20.0. The van der Waals surface area contributed by atoms with Crippen molar-refractivity contribution in [2.45, 2.75) is 0 Å². The minimum atomic E-state index is -1.24. The highest BCUT2D eigenvalue weighted by Gasteiger charge is 2.35. The van der Waals surface area contributed by atoms with Crippen LogP contribution in [0.2, 0.25) is 20.1 Å². The molecule has 1 fully saturated rings. The van der Waals surface area contributed by atoms with Gasteiger partial charge in [-0.2, -0.15) is 0 Å². The molecule has 0 spiro atoms. The highest BCUT2D eigenvalue weighted by atomic mass is 35.5. The molecule has 0 radical (unpaired) electrons. The molecule has 5 nitrogen and oxygen atoms in total. The molecule has 0 aliphatic carbocycles. The Labute approximate surface area is 178 Å². The number of amidine groups is 1. The lowest BCUT2D eigenvalue weighted by molar-refractivity contribution is -0.131. The second-order valence-electron chi connectivity index (χ2n) is 5.18. The first-order valence-electron chi connectivity index (χ1n) is 7.22. The smallest absolute Gasteiger partial charge is 0.329 e. The van der Waals surface area contributed by atoms with Gasteiger partial charge < -0.3 is 5.11 Å². The van der Waals surface area contributed by atoms with E-state index < -0.39 is 11.9 Å². The fraction of sp³-hybridized carbons (Fsp3) is 0. The molecule has 3 rings (SSSR count). The minimum Gasteiger partial charge on any atom is -0.478 e. The van der Waals surface area contributed by atoms with Crippen molar-refractivity contribution >= 4 is 86.6 Å². The van der Waals surface area contributed by atoms with Crippen molar-refractivity contribution in [2.75, 3.05) is 4.90 Å². The third kappa shape index (κ3) is 4.42. The highest BCUT2D eigenvalue weighted by molar-refractivity contribution is 8.19. The van der Waals surface area contributed by atoms with E-state index in [9.17, 15) is 9.59 Å². The van der Waals surface area contributed by atoms with Gasteiger partial charge in [0.15, 0.2) is 5.17 Å². The molecule has 1 aliphatic heterocycles. The topological polar surface area (TPSA) is 70.0 Å². The number of carbonyl (C=O) groups is 2. The van der Waals surface area contributed by atoms with Crippen molar-refractivity contribution in [1.82, 2.24) is 0 Å². The van der Waals surface area contributed by atoms with Crippen molar-refractivity contribution in [3.05, 3.63) is 67.5 Å². The Morgan fingerprint density at radius 3 is 2.22 bits per heavy atom. The molecule has 1 N–H and O–H groups in total. The Morgan fingerprint density at radius 1 is 1.00 bits per heavy atom. The first-order chi connectivity index (χ1) is 12.8. The van der Waals surface area contributed by atoms with Gasteiger partial charge in [-0.1, -0.05) is 46.4 Å². The van der Waals surface area contributed by atoms with E-state index in [1.165, 1.54) is 23.1 Å². The largest absolute Gasteiger partial charge is 0.478 e. The zero-order valence-electron chi connectivity index (χ0n) is 13.1. The lowest BCUT2D eigenvalue weighted by Gasteiger charge is -2.16. The number of aliphatic carboxylic acids is 1. The van der Waals surface area contributed by atoms with Gasteiger partial charge in [-0.05, 0) is 48.2 Å². The third-order valence-corrected chi connectivity index (χ3v) is 5.80. The van der Waals surface area contributed by atoms with Crippen LogP contribution in [0.1, 0.15) is 0 Å². The molecule has 0 bridgehead atoms. The van der Waals surface area contributed by atoms with Gasteiger partial charge >= 0.3 is 5.97 Å². The number of carboxylic acids is 1. The number of aliphatic imine (C=N–C) groups is 1. The summed E-state index contributed by atoms with van der Waals surface area (Å²) in [7, 11) is 0. The fourth-order valence-electron chi connectivity index (χ4n) is 2.18. The summed E-state index contributed by atoms with van der Waals surface area (Å²) in [5.74, 6) is -1.78. The highest BCUT2D eigenvalue weighted by Crippen LogP contribution is 2.38. The van der Waals surface area contributed by atoms with Crippen molar-refractivity contribution in [1.29, 1.82) is 0 Å². The quantitative estimate of drug-likeness (QED) is 0.566. The van der Waals surface area contributed by atoms with Gasteiger partial charge in [0.05, 0.1) is 36.4 Å². The van der Waals surface area contributed by atoms with Gasteiger partial charge in [0.25, 0.3) is 5.91 Å². The number of carbonyl (C=O) groups excluding carboxylic acids is 1. The van der Waals surface area contributed by atoms with E-state index in [2.05, 4.69) is 4.99 Å². The average molecular weight is 462 g/mol. The van der Waals surface area contributed by atoms with Gasteiger partial charge in [-0.25, -0.2) is 9.79 Å². The van der Waals surface area contributed by atoms with Gasteiger partial charge in [0.2, 0.25) is 0 Å². The monoisotopic (exact) mass is 460 g/mol. The molecule has 1 heterocycles. The molecule has 0 atom stereocenters. The van der Waals surface area contributed by atoms with Gasteiger partial charge in [0.1, 0.15) is 0 Å². The number of rotatable bonds is 3. The minimum absolute atomic E-state index is 0.00684. The first-order valence-corrected chi connectivity index (χ1v) is 9.55. The number of thioether (sulfide) groups is 1. The van der Waals surface area contributed by atoms with Crippen molar-refractivity contribution in [2.24, 2.45) is 4.99 Å². The van der Waals surface area contributed by atoms with E-state index in [0.29, 0.717) is 26.4 Å². The summed E-state index contributed by atoms with van der Waals surface area (Å²) in [5.41, 5.74) is 0.843. The van der Waals surface area contributed by atoms with E-state index in [0.717, 1.165) is 17.8 Å². The molecule has 0 aromatic heterocycles. The van der Waals surface area contributed by atoms with Crippen LogP contribution in [0.25, 0.3) is 0 Å². The SMILES string of the molecule is O=C(O)/C=C1\SC(=Nc2ccc(Cl)c(Cl)c2)N(c2ccc(Cl)c(Cl)c2)C1=O. The maximum absolute atomic E-state index is 12.7. The van der Waals surface area contributed by atoms with Crippen LogP contribution in [0.3, 0.4) is 0 Å². The van der Waals surface area contributed by atoms with Crippen LogP contribution in [-0.4, -0.2) is 22.2 Å². The molecular formula is C17H8Cl4N2O3S. The third-order valence-electron chi connectivity index (χ3n) is 3.35. The Hall–Kier alpha value is -1.70. The summed E-state index contributed by atoms with van der Waals surface area (Å²) in [6.07, 6.45) is 0.828. The second kappa shape index (κ2) is 8.12. The second-order valence-corrected chi connectivity index (χ2v) is 7.82. The Kier molecular flexibility index (Phi) is 6.03. The van der Waals surface area contributed by atoms with Crippen LogP contribution < -0.4 is 4.90 Å². The van der Waals surface area contributed by atoms with Crippen LogP contribution in [0.5, 0.6) is 0 Å². The number of nitrogens with zero attached hydrogens (tertiary/aromatic N) is 2. The van der Waals surface area contributed by atoms with E-state index >= 15 is 0 Å². The summed E-state index contributed by atoms with van der Waals surface area (Å²) in [6, 6.07) is 9.35. The lowest BCUT2D eigenvalue weighted by atomic mass is 10.3. The number of benzene rings is 2. The number of anilines is 1. The zero-order valence-corrected chi connectivity index (χ0v) is 17.0. The van der Waals surface area contributed by atoms with E-state index in [1.54, 1.807) is 18.2 Å². The Balaban J connectivity index is 2.11. The summed E-state index contributed by atoms with van der Waals surface area (Å²) in [4.78, 5) is 29.4. The van der Waals surface area contributed by atoms with Gasteiger partial charge in [-0.3, -0.25) is 9.69 Å². The predicted octanol–water partition coefficient (Wildman–Crippen LogP) is 6.04. The summed E-state index contributed by atoms with van der Waals surface area (Å²) >= 11 is 24.8. The van der Waals surface area contributed by atoms with Crippen molar-refractivity contribution < 1.29 is 14.7 Å². The number of hydrogen-bond acceptors (Lipinski definition) is 4. The van der Waals surface area contributed by atoms with E-state index in [1.807, 2.05) is 0 Å². The lowest BCUT2D eigenvalue weighted by Crippen LogP contribution is -2.28. The molecule has 1 saturated heterocycles. The molecule has 1 aliphatic rings. The number of amides is 1. The summed E-state index contributed by atoms with van der Waals surface area (Å²) in [6.45, 7) is 0. The van der Waals surface area contributed by atoms with Crippen LogP contribution in [0.4, 0.5) is 11.4 Å². The normalized spacial score (nSPS) is 17.2. The molecule has 138 valence electrons. The molecule has 27 heavy (non-hydrogen) atoms. The van der Waals surface area contributed by atoms with E-state index in [-0.39, 0.29) is 15.1 Å². The molecule has 0 unspecified atom stereocenters. The average Bonchev–Trinajstić information content (AvgIpc) is 2.88. The molecule has 10 heteroatoms.